The normalized spacial score (nSPS) is 12.8. The van der Waals surface area contributed by atoms with Crippen molar-refractivity contribution in [2.75, 3.05) is 17.1 Å². The monoisotopic (exact) mass is 376 g/mol. The molecule has 1 atom stereocenters. The highest BCUT2D eigenvalue weighted by Gasteiger charge is 2.22. The Morgan fingerprint density at radius 2 is 2.05 bits per heavy atom. The summed E-state index contributed by atoms with van der Waals surface area (Å²) in [5.74, 6) is -0.308. The number of sulfonamides is 1. The van der Waals surface area contributed by atoms with E-state index in [1.165, 1.54) is 0 Å². The topological polar surface area (TPSA) is 66.5 Å². The van der Waals surface area contributed by atoms with Crippen molar-refractivity contribution < 1.29 is 13.2 Å². The Labute approximate surface area is 134 Å². The Bertz CT molecular complexity index is 617. The summed E-state index contributed by atoms with van der Waals surface area (Å²) in [6, 6.07) is 5.29. The fourth-order valence-electron chi connectivity index (χ4n) is 1.83. The summed E-state index contributed by atoms with van der Waals surface area (Å²) in [5.41, 5.74) is 1.30. The van der Waals surface area contributed by atoms with Gasteiger partial charge in [-0.2, -0.15) is 0 Å². The average Bonchev–Trinajstić information content (AvgIpc) is 2.35. The van der Waals surface area contributed by atoms with Crippen LogP contribution in [0.1, 0.15) is 25.8 Å². The minimum absolute atomic E-state index is 0.0184. The Balaban J connectivity index is 3.05. The van der Waals surface area contributed by atoms with Gasteiger partial charge in [0, 0.05) is 10.5 Å². The van der Waals surface area contributed by atoms with Crippen molar-refractivity contribution in [1.29, 1.82) is 0 Å². The third-order valence-corrected chi connectivity index (χ3v) is 4.75. The van der Waals surface area contributed by atoms with E-state index in [2.05, 4.69) is 21.2 Å². The Hall–Kier alpha value is -1.08. The molecule has 1 unspecified atom stereocenters. The van der Waals surface area contributed by atoms with Crippen LogP contribution in [0.25, 0.3) is 0 Å². The third-order valence-electron chi connectivity index (χ3n) is 3.13. The van der Waals surface area contributed by atoms with Crippen LogP contribution in [-0.2, 0) is 14.8 Å². The standard InChI is InChI=1S/C14H21BrN2O3S/c1-5-11(3)16-14(18)9-17(21(4,19)20)13-7-6-12(15)8-10(13)2/h6-8,11H,5,9H2,1-4H3,(H,16,18). The molecule has 7 heteroatoms. The molecule has 0 spiro atoms. The van der Waals surface area contributed by atoms with E-state index in [4.69, 9.17) is 0 Å². The van der Waals surface area contributed by atoms with Gasteiger partial charge in [-0.1, -0.05) is 22.9 Å². The van der Waals surface area contributed by atoms with E-state index in [0.29, 0.717) is 5.69 Å². The molecule has 0 saturated heterocycles. The van der Waals surface area contributed by atoms with E-state index < -0.39 is 10.0 Å². The van der Waals surface area contributed by atoms with Gasteiger partial charge in [0.05, 0.1) is 11.9 Å². The first-order valence-corrected chi connectivity index (χ1v) is 9.32. The van der Waals surface area contributed by atoms with Crippen molar-refractivity contribution in [2.45, 2.75) is 33.2 Å². The van der Waals surface area contributed by atoms with Crippen LogP contribution in [-0.4, -0.2) is 33.2 Å². The van der Waals surface area contributed by atoms with Crippen LogP contribution in [0.3, 0.4) is 0 Å². The molecule has 0 aliphatic heterocycles. The minimum Gasteiger partial charge on any atom is -0.352 e. The summed E-state index contributed by atoms with van der Waals surface area (Å²) in [7, 11) is -3.53. The molecule has 0 aliphatic rings. The number of carbonyl (C=O) groups is 1. The van der Waals surface area contributed by atoms with Gasteiger partial charge in [-0.3, -0.25) is 9.10 Å². The maximum Gasteiger partial charge on any atom is 0.240 e. The molecule has 1 rings (SSSR count). The van der Waals surface area contributed by atoms with E-state index in [-0.39, 0.29) is 18.5 Å². The number of halogens is 1. The number of carbonyl (C=O) groups excluding carboxylic acids is 1. The number of hydrogen-bond donors (Lipinski definition) is 1. The number of nitrogens with zero attached hydrogens (tertiary/aromatic N) is 1. The molecule has 118 valence electrons. The molecule has 0 bridgehead atoms. The maximum atomic E-state index is 12.0. The van der Waals surface area contributed by atoms with Gasteiger partial charge >= 0.3 is 0 Å². The van der Waals surface area contributed by atoms with Crippen LogP contribution >= 0.6 is 15.9 Å². The number of amides is 1. The van der Waals surface area contributed by atoms with Crippen LogP contribution in [0, 0.1) is 6.92 Å². The van der Waals surface area contributed by atoms with Crippen molar-refractivity contribution >= 4 is 37.5 Å². The van der Waals surface area contributed by atoms with Gasteiger partial charge in [0.2, 0.25) is 15.9 Å². The second kappa shape index (κ2) is 7.26. The van der Waals surface area contributed by atoms with Gasteiger partial charge in [0.25, 0.3) is 0 Å². The lowest BCUT2D eigenvalue weighted by atomic mass is 10.2. The highest BCUT2D eigenvalue weighted by atomic mass is 79.9. The molecule has 0 fully saturated rings. The lowest BCUT2D eigenvalue weighted by Gasteiger charge is -2.24. The largest absolute Gasteiger partial charge is 0.352 e. The van der Waals surface area contributed by atoms with Gasteiger partial charge in [0.1, 0.15) is 6.54 Å². The van der Waals surface area contributed by atoms with Crippen molar-refractivity contribution in [3.8, 4) is 0 Å². The molecule has 0 saturated carbocycles. The average molecular weight is 377 g/mol. The van der Waals surface area contributed by atoms with E-state index in [0.717, 1.165) is 27.0 Å². The molecule has 1 aromatic rings. The highest BCUT2D eigenvalue weighted by Crippen LogP contribution is 2.25. The zero-order valence-corrected chi connectivity index (χ0v) is 15.1. The lowest BCUT2D eigenvalue weighted by Crippen LogP contribution is -2.43. The molecule has 0 heterocycles. The molecule has 21 heavy (non-hydrogen) atoms. The van der Waals surface area contributed by atoms with Crippen molar-refractivity contribution in [1.82, 2.24) is 5.32 Å². The van der Waals surface area contributed by atoms with Gasteiger partial charge in [-0.15, -0.1) is 0 Å². The summed E-state index contributed by atoms with van der Waals surface area (Å²) in [4.78, 5) is 12.0. The first kappa shape index (κ1) is 18.0. The smallest absolute Gasteiger partial charge is 0.240 e. The molecular formula is C14H21BrN2O3S. The highest BCUT2D eigenvalue weighted by molar-refractivity contribution is 9.10. The van der Waals surface area contributed by atoms with E-state index in [1.807, 2.05) is 26.8 Å². The number of anilines is 1. The number of rotatable bonds is 6. The first-order valence-electron chi connectivity index (χ1n) is 6.68. The number of nitrogens with one attached hydrogen (secondary N) is 1. The second-order valence-electron chi connectivity index (χ2n) is 5.08. The molecule has 1 aromatic carbocycles. The summed E-state index contributed by atoms with van der Waals surface area (Å²) in [5, 5.41) is 2.78. The summed E-state index contributed by atoms with van der Waals surface area (Å²) < 4.78 is 26.0. The molecule has 0 radical (unpaired) electrons. The summed E-state index contributed by atoms with van der Waals surface area (Å²) >= 11 is 3.34. The van der Waals surface area contributed by atoms with E-state index in [1.54, 1.807) is 12.1 Å². The Morgan fingerprint density at radius 3 is 2.52 bits per heavy atom. The van der Waals surface area contributed by atoms with Crippen LogP contribution in [0.5, 0.6) is 0 Å². The number of aryl methyl sites for hydroxylation is 1. The van der Waals surface area contributed by atoms with Crippen LogP contribution in [0.15, 0.2) is 22.7 Å². The fraction of sp³-hybridized carbons (Fsp3) is 0.500. The Morgan fingerprint density at radius 1 is 1.43 bits per heavy atom. The molecule has 5 nitrogen and oxygen atoms in total. The zero-order valence-electron chi connectivity index (χ0n) is 12.7. The zero-order chi connectivity index (χ0) is 16.2. The summed E-state index contributed by atoms with van der Waals surface area (Å²) in [6.45, 7) is 5.43. The van der Waals surface area contributed by atoms with Gasteiger partial charge in [0.15, 0.2) is 0 Å². The predicted molar refractivity (Wildman–Crippen MR) is 89.0 cm³/mol. The number of hydrogen-bond acceptors (Lipinski definition) is 3. The van der Waals surface area contributed by atoms with Crippen LogP contribution in [0.2, 0.25) is 0 Å². The SMILES string of the molecule is CCC(C)NC(=O)CN(c1ccc(Br)cc1C)S(C)(=O)=O. The van der Waals surface area contributed by atoms with Crippen LogP contribution < -0.4 is 9.62 Å². The quantitative estimate of drug-likeness (QED) is 0.828. The second-order valence-corrected chi connectivity index (χ2v) is 7.90. The maximum absolute atomic E-state index is 12.0. The van der Waals surface area contributed by atoms with Gasteiger partial charge in [-0.05, 0) is 44.0 Å². The van der Waals surface area contributed by atoms with Crippen molar-refractivity contribution in [2.24, 2.45) is 0 Å². The third kappa shape index (κ3) is 5.32. The Kier molecular flexibility index (Phi) is 6.22. The molecular weight excluding hydrogens is 356 g/mol. The van der Waals surface area contributed by atoms with Gasteiger partial charge in [-0.25, -0.2) is 8.42 Å². The van der Waals surface area contributed by atoms with Crippen molar-refractivity contribution in [3.63, 3.8) is 0 Å². The molecule has 0 aliphatic carbocycles. The van der Waals surface area contributed by atoms with Crippen molar-refractivity contribution in [3.05, 3.63) is 28.2 Å². The fourth-order valence-corrected chi connectivity index (χ4v) is 3.22. The van der Waals surface area contributed by atoms with E-state index in [9.17, 15) is 13.2 Å². The van der Waals surface area contributed by atoms with Gasteiger partial charge < -0.3 is 5.32 Å². The number of benzene rings is 1. The lowest BCUT2D eigenvalue weighted by molar-refractivity contribution is -0.120. The summed E-state index contributed by atoms with van der Waals surface area (Å²) in [6.07, 6.45) is 1.90. The van der Waals surface area contributed by atoms with E-state index >= 15 is 0 Å². The minimum atomic E-state index is -3.53. The predicted octanol–water partition coefficient (Wildman–Crippen LogP) is 2.44. The molecule has 1 amide bonds. The molecule has 0 aromatic heterocycles. The first-order chi connectivity index (χ1) is 9.65. The molecule has 1 N–H and O–H groups in total. The van der Waals surface area contributed by atoms with Crippen LogP contribution in [0.4, 0.5) is 5.69 Å².